The van der Waals surface area contributed by atoms with Gasteiger partial charge in [-0.3, -0.25) is 9.78 Å². The van der Waals surface area contributed by atoms with E-state index in [0.29, 0.717) is 38.3 Å². The van der Waals surface area contributed by atoms with Gasteiger partial charge in [0.15, 0.2) is 0 Å². The molecule has 8 heteroatoms. The van der Waals surface area contributed by atoms with Gasteiger partial charge in [-0.05, 0) is 60.1 Å². The van der Waals surface area contributed by atoms with E-state index in [9.17, 15) is 14.9 Å². The zero-order chi connectivity index (χ0) is 23.2. The van der Waals surface area contributed by atoms with Gasteiger partial charge >= 0.3 is 12.1 Å². The smallest absolute Gasteiger partial charge is 0.410 e. The van der Waals surface area contributed by atoms with Crippen LogP contribution in [0.2, 0.25) is 0 Å². The third kappa shape index (κ3) is 8.08. The first-order chi connectivity index (χ1) is 14.4. The van der Waals surface area contributed by atoms with Crippen molar-refractivity contribution in [1.82, 2.24) is 9.88 Å². The molecular weight excluding hydrogens is 396 g/mol. The number of pyridine rings is 1. The maximum absolute atomic E-state index is 12.2. The van der Waals surface area contributed by atoms with E-state index >= 15 is 0 Å². The lowest BCUT2D eigenvalue weighted by atomic mass is 10.00. The monoisotopic (exact) mass is 430 g/mol. The van der Waals surface area contributed by atoms with Gasteiger partial charge in [0.2, 0.25) is 0 Å². The quantitative estimate of drug-likeness (QED) is 0.654. The Kier molecular flexibility index (Phi) is 7.88. The van der Waals surface area contributed by atoms with Gasteiger partial charge in [-0.2, -0.15) is 5.26 Å². The molecule has 1 aromatic rings. The highest BCUT2D eigenvalue weighted by Gasteiger charge is 2.26. The molecule has 0 spiro atoms. The predicted octanol–water partition coefficient (Wildman–Crippen LogP) is 3.87. The molecule has 170 valence electrons. The van der Waals surface area contributed by atoms with Crippen LogP contribution in [-0.4, -0.2) is 59.3 Å². The minimum atomic E-state index is -0.535. The van der Waals surface area contributed by atoms with Crippen molar-refractivity contribution in [2.75, 3.05) is 31.1 Å². The second-order valence-electron chi connectivity index (χ2n) is 9.70. The molecule has 2 heterocycles. The van der Waals surface area contributed by atoms with Crippen molar-refractivity contribution in [3.05, 3.63) is 24.0 Å². The summed E-state index contributed by atoms with van der Waals surface area (Å²) in [6, 6.07) is 6.00. The minimum Gasteiger partial charge on any atom is -0.460 e. The lowest BCUT2D eigenvalue weighted by Gasteiger charge is -2.36. The van der Waals surface area contributed by atoms with Crippen molar-refractivity contribution in [1.29, 1.82) is 5.26 Å². The Bertz CT molecular complexity index is 795. The van der Waals surface area contributed by atoms with Crippen LogP contribution in [0.3, 0.4) is 0 Å². The minimum absolute atomic E-state index is 0.172. The number of carbonyl (C=O) groups is 2. The third-order valence-electron chi connectivity index (χ3n) is 4.64. The molecule has 0 aliphatic carbocycles. The van der Waals surface area contributed by atoms with E-state index in [1.807, 2.05) is 53.7 Å². The molecule has 0 bridgehead atoms. The molecule has 8 nitrogen and oxygen atoms in total. The second-order valence-corrected chi connectivity index (χ2v) is 9.70. The Balaban J connectivity index is 1.89. The molecule has 0 saturated carbocycles. The third-order valence-corrected chi connectivity index (χ3v) is 4.64. The maximum atomic E-state index is 12.2. The zero-order valence-electron chi connectivity index (χ0n) is 19.5. The van der Waals surface area contributed by atoms with Crippen molar-refractivity contribution < 1.29 is 19.1 Å². The maximum Gasteiger partial charge on any atom is 0.410 e. The normalized spacial score (nSPS) is 15.8. The van der Waals surface area contributed by atoms with Gasteiger partial charge in [0.1, 0.15) is 11.2 Å². The number of rotatable bonds is 5. The Labute approximate surface area is 185 Å². The first-order valence-electron chi connectivity index (χ1n) is 10.7. The Morgan fingerprint density at radius 1 is 1.06 bits per heavy atom. The molecule has 1 fully saturated rings. The second kappa shape index (κ2) is 9.99. The number of amides is 1. The number of ether oxygens (including phenoxy) is 2. The standard InChI is InChI=1S/C23H34N4O4/c1-22(2,3)30-20(28)10-7-17(15-24)19-9-8-18(16-25-19)26-11-13-27(14-12-26)21(29)31-23(4,5)6/h8-9,16-17H,7,10-14H2,1-6H3. The summed E-state index contributed by atoms with van der Waals surface area (Å²) in [5.41, 5.74) is 0.542. The van der Waals surface area contributed by atoms with Crippen LogP contribution in [0.15, 0.2) is 18.3 Å². The number of esters is 1. The van der Waals surface area contributed by atoms with Crippen molar-refractivity contribution in [2.24, 2.45) is 0 Å². The number of carbonyl (C=O) groups excluding carboxylic acids is 2. The molecule has 1 saturated heterocycles. The molecule has 1 aliphatic heterocycles. The van der Waals surface area contributed by atoms with Gasteiger partial charge in [0, 0.05) is 32.6 Å². The largest absolute Gasteiger partial charge is 0.460 e. The van der Waals surface area contributed by atoms with Crippen LogP contribution in [0.25, 0.3) is 0 Å². The first kappa shape index (κ1) is 24.4. The van der Waals surface area contributed by atoms with E-state index in [-0.39, 0.29) is 18.5 Å². The molecule has 0 N–H and O–H groups in total. The summed E-state index contributed by atoms with van der Waals surface area (Å²) in [4.78, 5) is 32.5. The van der Waals surface area contributed by atoms with E-state index in [0.717, 1.165) is 5.69 Å². The Hall–Kier alpha value is -2.82. The van der Waals surface area contributed by atoms with Gasteiger partial charge < -0.3 is 19.3 Å². The van der Waals surface area contributed by atoms with Crippen LogP contribution >= 0.6 is 0 Å². The lowest BCUT2D eigenvalue weighted by Crippen LogP contribution is -2.50. The van der Waals surface area contributed by atoms with Crippen molar-refractivity contribution in [3.63, 3.8) is 0 Å². The Morgan fingerprint density at radius 2 is 1.68 bits per heavy atom. The first-order valence-corrected chi connectivity index (χ1v) is 10.7. The van der Waals surface area contributed by atoms with Gasteiger partial charge in [-0.25, -0.2) is 4.79 Å². The summed E-state index contributed by atoms with van der Waals surface area (Å²) in [5.74, 6) is -0.780. The van der Waals surface area contributed by atoms with Crippen LogP contribution in [-0.2, 0) is 14.3 Å². The van der Waals surface area contributed by atoms with Gasteiger partial charge in [0.25, 0.3) is 0 Å². The molecule has 1 aromatic heterocycles. The molecule has 2 rings (SSSR count). The van der Waals surface area contributed by atoms with Crippen LogP contribution in [0.4, 0.5) is 10.5 Å². The summed E-state index contributed by atoms with van der Waals surface area (Å²) in [6.45, 7) is 13.5. The zero-order valence-corrected chi connectivity index (χ0v) is 19.5. The topological polar surface area (TPSA) is 95.8 Å². The van der Waals surface area contributed by atoms with Gasteiger partial charge in [-0.1, -0.05) is 0 Å². The fourth-order valence-corrected chi connectivity index (χ4v) is 3.20. The average molecular weight is 431 g/mol. The summed E-state index contributed by atoms with van der Waals surface area (Å²) < 4.78 is 10.7. The predicted molar refractivity (Wildman–Crippen MR) is 118 cm³/mol. The van der Waals surface area contributed by atoms with Crippen LogP contribution < -0.4 is 4.90 Å². The van der Waals surface area contributed by atoms with Crippen molar-refractivity contribution in [2.45, 2.75) is 71.5 Å². The van der Waals surface area contributed by atoms with Gasteiger partial charge in [0.05, 0.1) is 29.6 Å². The van der Waals surface area contributed by atoms with E-state index in [4.69, 9.17) is 9.47 Å². The number of hydrogen-bond acceptors (Lipinski definition) is 7. The SMILES string of the molecule is CC(C)(C)OC(=O)CCC(C#N)c1ccc(N2CCN(C(=O)OC(C)(C)C)CC2)cn1. The van der Waals surface area contributed by atoms with Crippen LogP contribution in [0.5, 0.6) is 0 Å². The molecule has 0 aromatic carbocycles. The number of hydrogen-bond donors (Lipinski definition) is 0. The summed E-state index contributed by atoms with van der Waals surface area (Å²) in [6.07, 6.45) is 2.00. The fraction of sp³-hybridized carbons (Fsp3) is 0.652. The van der Waals surface area contributed by atoms with E-state index in [2.05, 4.69) is 16.0 Å². The number of aromatic nitrogens is 1. The fourth-order valence-electron chi connectivity index (χ4n) is 3.20. The number of nitriles is 1. The molecule has 1 aliphatic rings. The average Bonchev–Trinajstić information content (AvgIpc) is 2.66. The Morgan fingerprint density at radius 3 is 2.16 bits per heavy atom. The molecule has 1 amide bonds. The highest BCUT2D eigenvalue weighted by atomic mass is 16.6. The summed E-state index contributed by atoms with van der Waals surface area (Å²) in [7, 11) is 0. The molecular formula is C23H34N4O4. The summed E-state index contributed by atoms with van der Waals surface area (Å²) >= 11 is 0. The highest BCUT2D eigenvalue weighted by molar-refractivity contribution is 5.70. The highest BCUT2D eigenvalue weighted by Crippen LogP contribution is 2.23. The van der Waals surface area contributed by atoms with E-state index < -0.39 is 17.1 Å². The van der Waals surface area contributed by atoms with E-state index in [1.54, 1.807) is 11.1 Å². The number of nitrogens with zero attached hydrogens (tertiary/aromatic N) is 4. The number of piperazine rings is 1. The number of anilines is 1. The molecule has 0 radical (unpaired) electrons. The molecule has 1 unspecified atom stereocenters. The van der Waals surface area contributed by atoms with E-state index in [1.165, 1.54) is 0 Å². The van der Waals surface area contributed by atoms with Crippen molar-refractivity contribution >= 4 is 17.7 Å². The molecule has 1 atom stereocenters. The van der Waals surface area contributed by atoms with Crippen LogP contribution in [0, 0.1) is 11.3 Å². The van der Waals surface area contributed by atoms with Crippen LogP contribution in [0.1, 0.15) is 66.0 Å². The van der Waals surface area contributed by atoms with Gasteiger partial charge in [-0.15, -0.1) is 0 Å². The lowest BCUT2D eigenvalue weighted by molar-refractivity contribution is -0.154. The molecule has 31 heavy (non-hydrogen) atoms. The summed E-state index contributed by atoms with van der Waals surface area (Å²) in [5, 5.41) is 9.50. The van der Waals surface area contributed by atoms with Crippen molar-refractivity contribution in [3.8, 4) is 6.07 Å².